The van der Waals surface area contributed by atoms with Crippen molar-refractivity contribution in [1.29, 1.82) is 0 Å². The van der Waals surface area contributed by atoms with Gasteiger partial charge in [-0.3, -0.25) is 14.4 Å². The highest BCUT2D eigenvalue weighted by Gasteiger charge is 2.31. The summed E-state index contributed by atoms with van der Waals surface area (Å²) in [7, 11) is 1.74. The molecule has 3 atom stereocenters. The molecule has 18 heteroatoms. The zero-order valence-electron chi connectivity index (χ0n) is 22.6. The number of carbonyl (C=O) groups is 5. The molecule has 0 saturated heterocycles. The predicted octanol–water partition coefficient (Wildman–Crippen LogP) is -0.434. The van der Waals surface area contributed by atoms with Crippen molar-refractivity contribution in [2.24, 2.45) is 0 Å². The molecule has 0 saturated carbocycles. The summed E-state index contributed by atoms with van der Waals surface area (Å²) >= 11 is 0. The molecular formula is C25H28FN9O8. The van der Waals surface area contributed by atoms with Gasteiger partial charge in [0.05, 0.1) is 18.4 Å². The molecular weight excluding hydrogens is 573 g/mol. The van der Waals surface area contributed by atoms with E-state index in [0.717, 1.165) is 0 Å². The third kappa shape index (κ3) is 8.65. The number of nitrogens with two attached hydrogens (primary N) is 2. The number of carboxylic acid groups (broad SMARTS) is 3. The highest BCUT2D eigenvalue weighted by molar-refractivity contribution is 5.97. The van der Waals surface area contributed by atoms with Crippen molar-refractivity contribution >= 4 is 58.3 Å². The first kappa shape index (κ1) is 31.8. The van der Waals surface area contributed by atoms with E-state index in [-0.39, 0.29) is 35.0 Å². The molecule has 0 radical (unpaired) electrons. The Balaban J connectivity index is 1.61. The Morgan fingerprint density at radius 2 is 1.60 bits per heavy atom. The molecule has 0 spiro atoms. The first-order chi connectivity index (χ1) is 20.2. The molecule has 3 unspecified atom stereocenters. The van der Waals surface area contributed by atoms with E-state index in [0.29, 0.717) is 11.4 Å². The number of nitrogens with one attached hydrogen (secondary N) is 2. The number of hydrogen-bond acceptors (Lipinski definition) is 12. The maximum Gasteiger partial charge on any atom is 0.326 e. The third-order valence-corrected chi connectivity index (χ3v) is 6.06. The average Bonchev–Trinajstić information content (AvgIpc) is 2.94. The van der Waals surface area contributed by atoms with Crippen LogP contribution >= 0.6 is 0 Å². The van der Waals surface area contributed by atoms with Gasteiger partial charge >= 0.3 is 17.9 Å². The largest absolute Gasteiger partial charge is 0.481 e. The molecule has 0 aliphatic rings. The number of alkyl halides is 1. The molecule has 0 fully saturated rings. The summed E-state index contributed by atoms with van der Waals surface area (Å²) in [6, 6.07) is 2.42. The first-order valence-electron chi connectivity index (χ1n) is 12.5. The highest BCUT2D eigenvalue weighted by atomic mass is 19.1. The maximum atomic E-state index is 14.6. The third-order valence-electron chi connectivity index (χ3n) is 6.06. The Labute approximate surface area is 242 Å². The van der Waals surface area contributed by atoms with Gasteiger partial charge in [-0.05, 0) is 30.7 Å². The van der Waals surface area contributed by atoms with Gasteiger partial charge in [-0.2, -0.15) is 9.97 Å². The van der Waals surface area contributed by atoms with Crippen LogP contribution in [0.4, 0.5) is 21.8 Å². The lowest BCUT2D eigenvalue weighted by Gasteiger charge is -2.20. The number of anilines is 3. The van der Waals surface area contributed by atoms with E-state index in [1.54, 1.807) is 24.1 Å². The minimum atomic E-state index is -2.51. The molecule has 9 N–H and O–H groups in total. The van der Waals surface area contributed by atoms with Crippen LogP contribution in [0.3, 0.4) is 0 Å². The van der Waals surface area contributed by atoms with E-state index in [1.165, 1.54) is 18.3 Å². The lowest BCUT2D eigenvalue weighted by atomic mass is 10.1. The fraction of sp³-hybridized carbons (Fsp3) is 0.320. The van der Waals surface area contributed by atoms with Gasteiger partial charge in [0.2, 0.25) is 5.95 Å². The number of carboxylic acids is 3. The molecule has 0 aliphatic carbocycles. The Morgan fingerprint density at radius 3 is 2.21 bits per heavy atom. The standard InChI is InChI=1S/C25H28FN9O8/c1-35(10-12-9-29-20-18(30-12)19(27)33-25(28)34-20)13-4-2-11(3-5-13)21(38)32-16(24(42)43)8-14(26)22(39)31-15(23(40)41)6-7-17(36)37/h2-5,9,14-16H,6-8,10H2,1H3,(H,31,39)(H,32,38)(H,36,37)(H,40,41)(H,42,43)(H4,27,28,29,33,34). The van der Waals surface area contributed by atoms with Crippen molar-refractivity contribution in [3.8, 4) is 0 Å². The summed E-state index contributed by atoms with van der Waals surface area (Å²) in [6.45, 7) is 0.276. The zero-order valence-corrected chi connectivity index (χ0v) is 22.6. The van der Waals surface area contributed by atoms with Crippen LogP contribution in [0, 0.1) is 0 Å². The summed E-state index contributed by atoms with van der Waals surface area (Å²) in [5.41, 5.74) is 13.2. The van der Waals surface area contributed by atoms with E-state index in [4.69, 9.17) is 21.7 Å². The van der Waals surface area contributed by atoms with E-state index >= 15 is 0 Å². The molecule has 228 valence electrons. The molecule has 1 aromatic carbocycles. The van der Waals surface area contributed by atoms with Crippen molar-refractivity contribution in [1.82, 2.24) is 30.6 Å². The lowest BCUT2D eigenvalue weighted by Crippen LogP contribution is -2.48. The molecule has 43 heavy (non-hydrogen) atoms. The lowest BCUT2D eigenvalue weighted by molar-refractivity contribution is -0.145. The van der Waals surface area contributed by atoms with E-state index in [2.05, 4.69) is 25.3 Å². The second-order valence-corrected chi connectivity index (χ2v) is 9.30. The number of nitrogens with zero attached hydrogens (tertiary/aromatic N) is 5. The predicted molar refractivity (Wildman–Crippen MR) is 147 cm³/mol. The van der Waals surface area contributed by atoms with Crippen LogP contribution in [0.25, 0.3) is 11.2 Å². The van der Waals surface area contributed by atoms with Gasteiger partial charge in [0, 0.05) is 31.1 Å². The minimum Gasteiger partial charge on any atom is -0.481 e. The Hall–Kier alpha value is -5.68. The number of halogens is 1. The second-order valence-electron chi connectivity index (χ2n) is 9.30. The normalized spacial score (nSPS) is 13.0. The number of hydrogen-bond donors (Lipinski definition) is 7. The Kier molecular flexibility index (Phi) is 10.2. The number of aromatic nitrogens is 4. The number of nitrogen functional groups attached to an aromatic ring is 2. The quantitative estimate of drug-likeness (QED) is 0.123. The topological polar surface area (TPSA) is 277 Å². The summed E-state index contributed by atoms with van der Waals surface area (Å²) < 4.78 is 14.6. The smallest absolute Gasteiger partial charge is 0.326 e. The number of rotatable bonds is 14. The zero-order chi connectivity index (χ0) is 31.8. The van der Waals surface area contributed by atoms with Gasteiger partial charge in [0.1, 0.15) is 12.1 Å². The van der Waals surface area contributed by atoms with Gasteiger partial charge in [-0.25, -0.2) is 23.9 Å². The van der Waals surface area contributed by atoms with Crippen LogP contribution < -0.4 is 27.0 Å². The number of fused-ring (bicyclic) bond motifs is 1. The minimum absolute atomic E-state index is 0.0307. The molecule has 3 rings (SSSR count). The monoisotopic (exact) mass is 601 g/mol. The van der Waals surface area contributed by atoms with Crippen molar-refractivity contribution < 1.29 is 43.7 Å². The molecule has 2 heterocycles. The van der Waals surface area contributed by atoms with Crippen LogP contribution in [-0.4, -0.2) is 90.3 Å². The van der Waals surface area contributed by atoms with Crippen molar-refractivity contribution in [3.63, 3.8) is 0 Å². The van der Waals surface area contributed by atoms with Gasteiger partial charge < -0.3 is 42.3 Å². The van der Waals surface area contributed by atoms with E-state index in [9.17, 15) is 33.5 Å². The van der Waals surface area contributed by atoms with E-state index in [1.807, 2.05) is 5.32 Å². The summed E-state index contributed by atoms with van der Waals surface area (Å²) in [5.74, 6) is -6.82. The molecule has 2 aromatic heterocycles. The summed E-state index contributed by atoms with van der Waals surface area (Å²) in [5, 5.41) is 31.2. The molecule has 0 bridgehead atoms. The average molecular weight is 602 g/mol. The van der Waals surface area contributed by atoms with Crippen molar-refractivity contribution in [2.45, 2.75) is 44.1 Å². The van der Waals surface area contributed by atoms with Crippen molar-refractivity contribution in [3.05, 3.63) is 41.7 Å². The fourth-order valence-electron chi connectivity index (χ4n) is 3.82. The fourth-order valence-corrected chi connectivity index (χ4v) is 3.82. The molecule has 0 aliphatic heterocycles. The van der Waals surface area contributed by atoms with Crippen molar-refractivity contribution in [2.75, 3.05) is 23.4 Å². The van der Waals surface area contributed by atoms with Crippen LogP contribution in [0.1, 0.15) is 35.3 Å². The maximum absolute atomic E-state index is 14.6. The van der Waals surface area contributed by atoms with Crippen LogP contribution in [0.15, 0.2) is 30.5 Å². The van der Waals surface area contributed by atoms with Gasteiger partial charge in [0.15, 0.2) is 23.2 Å². The van der Waals surface area contributed by atoms with Gasteiger partial charge in [-0.1, -0.05) is 0 Å². The second kappa shape index (κ2) is 13.8. The molecule has 3 aromatic rings. The van der Waals surface area contributed by atoms with E-state index < -0.39 is 67.2 Å². The Morgan fingerprint density at radius 1 is 0.953 bits per heavy atom. The van der Waals surface area contributed by atoms with Crippen LogP contribution in [0.5, 0.6) is 0 Å². The highest BCUT2D eigenvalue weighted by Crippen LogP contribution is 2.19. The number of aliphatic carboxylic acids is 3. The Bertz CT molecular complexity index is 1540. The first-order valence-corrected chi connectivity index (χ1v) is 12.5. The number of carbonyl (C=O) groups excluding carboxylic acids is 2. The summed E-state index contributed by atoms with van der Waals surface area (Å²) in [4.78, 5) is 76.6. The molecule has 2 amide bonds. The SMILES string of the molecule is CN(Cc1cnc2nc(N)nc(N)c2n1)c1ccc(C(=O)NC(CC(F)C(=O)NC(CCC(=O)O)C(=O)O)C(=O)O)cc1. The summed E-state index contributed by atoms with van der Waals surface area (Å²) in [6.07, 6.45) is -3.14. The number of benzene rings is 1. The number of amides is 2. The van der Waals surface area contributed by atoms with Crippen LogP contribution in [-0.2, 0) is 25.7 Å². The van der Waals surface area contributed by atoms with Gasteiger partial charge in [-0.15, -0.1) is 0 Å². The molecule has 17 nitrogen and oxygen atoms in total. The van der Waals surface area contributed by atoms with Gasteiger partial charge in [0.25, 0.3) is 11.8 Å². The van der Waals surface area contributed by atoms with Crippen LogP contribution in [0.2, 0.25) is 0 Å².